The largest absolute Gasteiger partial charge is 0.462 e. The van der Waals surface area contributed by atoms with E-state index in [0.717, 1.165) is 18.8 Å². The number of carbonyl (C=O) groups excluding carboxylic acids is 1. The Morgan fingerprint density at radius 3 is 2.65 bits per heavy atom. The topological polar surface area (TPSA) is 85.8 Å². The van der Waals surface area contributed by atoms with Crippen molar-refractivity contribution in [2.45, 2.75) is 20.3 Å². The Morgan fingerprint density at radius 2 is 2.00 bits per heavy atom. The van der Waals surface area contributed by atoms with Crippen LogP contribution in [0.15, 0.2) is 33.5 Å². The van der Waals surface area contributed by atoms with Crippen molar-refractivity contribution in [3.05, 3.63) is 40.2 Å². The molecule has 1 aromatic heterocycles. The van der Waals surface area contributed by atoms with Crippen molar-refractivity contribution < 1.29 is 13.9 Å². The number of fused-ring (bicyclic) bond motifs is 1. The van der Waals surface area contributed by atoms with Crippen LogP contribution < -0.4 is 16.3 Å². The predicted octanol–water partition coefficient (Wildman–Crippen LogP) is 2.14. The molecule has 0 radical (unpaired) electrons. The van der Waals surface area contributed by atoms with E-state index in [1.165, 1.54) is 6.07 Å². The molecule has 2 N–H and O–H groups in total. The summed E-state index contributed by atoms with van der Waals surface area (Å²) < 4.78 is 10.3. The molecule has 124 valence electrons. The molecular formula is C17H22N2O4. The summed E-state index contributed by atoms with van der Waals surface area (Å²) in [6.45, 7) is 6.45. The van der Waals surface area contributed by atoms with Crippen molar-refractivity contribution in [1.29, 1.82) is 0 Å². The van der Waals surface area contributed by atoms with E-state index in [1.807, 2.05) is 18.2 Å². The van der Waals surface area contributed by atoms with Crippen molar-refractivity contribution in [3.63, 3.8) is 0 Å². The third-order valence-electron chi connectivity index (χ3n) is 3.65. The molecule has 0 atom stereocenters. The molecule has 2 rings (SSSR count). The normalized spacial score (nSPS) is 10.7. The Labute approximate surface area is 134 Å². The number of carbonyl (C=O) groups is 1. The summed E-state index contributed by atoms with van der Waals surface area (Å²) in [5, 5.41) is 0.686. The van der Waals surface area contributed by atoms with Gasteiger partial charge in [0.05, 0.1) is 6.61 Å². The van der Waals surface area contributed by atoms with Crippen LogP contribution in [0.5, 0.6) is 0 Å². The zero-order chi connectivity index (χ0) is 16.8. The second-order valence-electron chi connectivity index (χ2n) is 5.12. The number of hydrogen-bond acceptors (Lipinski definition) is 6. The minimum Gasteiger partial charge on any atom is -0.462 e. The lowest BCUT2D eigenvalue weighted by molar-refractivity contribution is 0.0498. The first-order chi connectivity index (χ1) is 11.1. The first-order valence-electron chi connectivity index (χ1n) is 7.80. The Morgan fingerprint density at radius 1 is 1.26 bits per heavy atom. The highest BCUT2D eigenvalue weighted by Gasteiger charge is 2.15. The highest BCUT2D eigenvalue weighted by atomic mass is 16.5. The number of anilines is 1. The molecule has 1 heterocycles. The lowest BCUT2D eigenvalue weighted by atomic mass is 10.1. The van der Waals surface area contributed by atoms with Gasteiger partial charge in [-0.05, 0) is 45.0 Å². The first kappa shape index (κ1) is 17.0. The van der Waals surface area contributed by atoms with E-state index >= 15 is 0 Å². The third kappa shape index (κ3) is 3.90. The summed E-state index contributed by atoms with van der Waals surface area (Å²) in [6, 6.07) is 7.10. The number of nitrogens with two attached hydrogens (primary N) is 1. The second kappa shape index (κ2) is 7.78. The van der Waals surface area contributed by atoms with Gasteiger partial charge in [-0.25, -0.2) is 9.59 Å². The molecule has 0 bridgehead atoms. The van der Waals surface area contributed by atoms with Gasteiger partial charge >= 0.3 is 11.6 Å². The average Bonchev–Trinajstić information content (AvgIpc) is 2.55. The van der Waals surface area contributed by atoms with Gasteiger partial charge in [0.2, 0.25) is 0 Å². The maximum absolute atomic E-state index is 12.0. The monoisotopic (exact) mass is 318 g/mol. The molecule has 2 aromatic rings. The molecule has 0 aliphatic rings. The van der Waals surface area contributed by atoms with Crippen molar-refractivity contribution in [3.8, 4) is 0 Å². The summed E-state index contributed by atoms with van der Waals surface area (Å²) in [5.41, 5.74) is 6.00. The average molecular weight is 318 g/mol. The van der Waals surface area contributed by atoms with Crippen LogP contribution in [0.1, 0.15) is 30.6 Å². The summed E-state index contributed by atoms with van der Waals surface area (Å²) in [6.07, 6.45) is 0.553. The standard InChI is InChI=1S/C17H22N2O4/c1-3-19(4-2)13-7-6-12-10-14(16(20)22-9-5-8-18)17(21)23-15(12)11-13/h6-7,10-11H,3-5,8-9,18H2,1-2H3. The number of benzene rings is 1. The molecule has 0 amide bonds. The van der Waals surface area contributed by atoms with Crippen LogP contribution in [-0.2, 0) is 4.74 Å². The number of nitrogens with zero attached hydrogens (tertiary/aromatic N) is 1. The van der Waals surface area contributed by atoms with Crippen molar-refractivity contribution in [1.82, 2.24) is 0 Å². The number of esters is 1. The van der Waals surface area contributed by atoms with E-state index in [4.69, 9.17) is 14.9 Å². The fourth-order valence-electron chi connectivity index (χ4n) is 2.35. The Balaban J connectivity index is 2.33. The molecular weight excluding hydrogens is 296 g/mol. The van der Waals surface area contributed by atoms with E-state index in [-0.39, 0.29) is 12.2 Å². The molecule has 0 saturated carbocycles. The highest BCUT2D eigenvalue weighted by Crippen LogP contribution is 2.22. The van der Waals surface area contributed by atoms with Crippen molar-refractivity contribution in [2.24, 2.45) is 5.73 Å². The summed E-state index contributed by atoms with van der Waals surface area (Å²) in [7, 11) is 0. The molecule has 6 nitrogen and oxygen atoms in total. The number of hydrogen-bond donors (Lipinski definition) is 1. The Hall–Kier alpha value is -2.34. The van der Waals surface area contributed by atoms with Crippen LogP contribution in [0.3, 0.4) is 0 Å². The lowest BCUT2D eigenvalue weighted by Crippen LogP contribution is -2.21. The molecule has 23 heavy (non-hydrogen) atoms. The maximum atomic E-state index is 12.0. The zero-order valence-corrected chi connectivity index (χ0v) is 13.5. The van der Waals surface area contributed by atoms with Crippen LogP contribution in [0, 0.1) is 0 Å². The Bertz CT molecular complexity index is 735. The fourth-order valence-corrected chi connectivity index (χ4v) is 2.35. The van der Waals surface area contributed by atoms with Gasteiger partial charge in [0.25, 0.3) is 0 Å². The van der Waals surface area contributed by atoms with E-state index in [2.05, 4.69) is 18.7 Å². The zero-order valence-electron chi connectivity index (χ0n) is 13.5. The molecule has 0 aliphatic carbocycles. The van der Waals surface area contributed by atoms with Crippen molar-refractivity contribution in [2.75, 3.05) is 31.1 Å². The van der Waals surface area contributed by atoms with Gasteiger partial charge in [-0.1, -0.05) is 0 Å². The van der Waals surface area contributed by atoms with Crippen LogP contribution in [0.25, 0.3) is 11.0 Å². The van der Waals surface area contributed by atoms with Crippen LogP contribution in [-0.4, -0.2) is 32.2 Å². The van der Waals surface area contributed by atoms with E-state index in [1.54, 1.807) is 0 Å². The highest BCUT2D eigenvalue weighted by molar-refractivity contribution is 5.93. The van der Waals surface area contributed by atoms with Gasteiger partial charge in [0.15, 0.2) is 0 Å². The minimum atomic E-state index is -0.688. The molecule has 0 saturated heterocycles. The SMILES string of the molecule is CCN(CC)c1ccc2cc(C(=O)OCCCN)c(=O)oc2c1. The van der Waals surface area contributed by atoms with Gasteiger partial charge in [-0.15, -0.1) is 0 Å². The van der Waals surface area contributed by atoms with Gasteiger partial charge in [-0.3, -0.25) is 0 Å². The quantitative estimate of drug-likeness (QED) is 0.478. The van der Waals surface area contributed by atoms with E-state index in [0.29, 0.717) is 23.9 Å². The van der Waals surface area contributed by atoms with Crippen molar-refractivity contribution >= 4 is 22.6 Å². The maximum Gasteiger partial charge on any atom is 0.351 e. The van der Waals surface area contributed by atoms with Crippen LogP contribution in [0.4, 0.5) is 5.69 Å². The summed E-state index contributed by atoms with van der Waals surface area (Å²) in [4.78, 5) is 26.1. The molecule has 0 spiro atoms. The lowest BCUT2D eigenvalue weighted by Gasteiger charge is -2.20. The van der Waals surface area contributed by atoms with Gasteiger partial charge in [0, 0.05) is 30.2 Å². The molecule has 0 fully saturated rings. The van der Waals surface area contributed by atoms with Gasteiger partial charge in [-0.2, -0.15) is 0 Å². The minimum absolute atomic E-state index is 0.0925. The smallest absolute Gasteiger partial charge is 0.351 e. The number of rotatable bonds is 7. The summed E-state index contributed by atoms with van der Waals surface area (Å²) >= 11 is 0. The second-order valence-corrected chi connectivity index (χ2v) is 5.12. The van der Waals surface area contributed by atoms with Crippen LogP contribution in [0.2, 0.25) is 0 Å². The van der Waals surface area contributed by atoms with Gasteiger partial charge in [0.1, 0.15) is 11.1 Å². The predicted molar refractivity (Wildman–Crippen MR) is 90.0 cm³/mol. The fraction of sp³-hybridized carbons (Fsp3) is 0.412. The molecule has 0 aliphatic heterocycles. The van der Waals surface area contributed by atoms with E-state index < -0.39 is 11.6 Å². The molecule has 6 heteroatoms. The Kier molecular flexibility index (Phi) is 5.76. The van der Waals surface area contributed by atoms with Crippen LogP contribution >= 0.6 is 0 Å². The molecule has 0 unspecified atom stereocenters. The van der Waals surface area contributed by atoms with E-state index in [9.17, 15) is 9.59 Å². The first-order valence-corrected chi connectivity index (χ1v) is 7.80. The number of ether oxygens (including phenoxy) is 1. The third-order valence-corrected chi connectivity index (χ3v) is 3.65. The van der Waals surface area contributed by atoms with Gasteiger partial charge < -0.3 is 19.8 Å². The molecule has 1 aromatic carbocycles. The summed E-state index contributed by atoms with van der Waals surface area (Å²) in [5.74, 6) is -0.679.